The molecule has 1 aromatic carbocycles. The van der Waals surface area contributed by atoms with E-state index in [1.165, 1.54) is 11.3 Å². The highest BCUT2D eigenvalue weighted by molar-refractivity contribution is 6.00. The number of rotatable bonds is 6. The molecule has 0 N–H and O–H groups in total. The predicted octanol–water partition coefficient (Wildman–Crippen LogP) is 3.10. The Labute approximate surface area is 145 Å². The SMILES string of the molecule is CCCN1CN(Cc2ccc(OC)cc2)C=C2C1=NC(CC)N2C. The summed E-state index contributed by atoms with van der Waals surface area (Å²) in [5.41, 5.74) is 2.53. The maximum Gasteiger partial charge on any atom is 0.152 e. The first-order valence-electron chi connectivity index (χ1n) is 8.81. The van der Waals surface area contributed by atoms with Crippen molar-refractivity contribution in [3.63, 3.8) is 0 Å². The fourth-order valence-corrected chi connectivity index (χ4v) is 3.38. The molecule has 0 spiro atoms. The lowest BCUT2D eigenvalue weighted by Crippen LogP contribution is -2.45. The highest BCUT2D eigenvalue weighted by Crippen LogP contribution is 2.28. The van der Waals surface area contributed by atoms with Crippen LogP contribution < -0.4 is 4.74 Å². The van der Waals surface area contributed by atoms with Crippen molar-refractivity contribution < 1.29 is 4.74 Å². The molecule has 0 saturated heterocycles. The number of ether oxygens (including phenoxy) is 1. The van der Waals surface area contributed by atoms with Crippen LogP contribution in [0.2, 0.25) is 0 Å². The molecule has 5 nitrogen and oxygen atoms in total. The molecule has 2 aliphatic heterocycles. The summed E-state index contributed by atoms with van der Waals surface area (Å²) in [5, 5.41) is 0. The molecule has 0 aromatic heterocycles. The molecule has 0 bridgehead atoms. The average molecular weight is 328 g/mol. The summed E-state index contributed by atoms with van der Waals surface area (Å²) >= 11 is 0. The van der Waals surface area contributed by atoms with Crippen LogP contribution in [0.5, 0.6) is 5.75 Å². The van der Waals surface area contributed by atoms with Crippen LogP contribution in [0.1, 0.15) is 32.3 Å². The van der Waals surface area contributed by atoms with Crippen LogP contribution >= 0.6 is 0 Å². The maximum absolute atomic E-state index is 5.25. The van der Waals surface area contributed by atoms with Crippen molar-refractivity contribution in [1.29, 1.82) is 0 Å². The van der Waals surface area contributed by atoms with Gasteiger partial charge in [0.2, 0.25) is 0 Å². The van der Waals surface area contributed by atoms with Gasteiger partial charge in [-0.15, -0.1) is 0 Å². The van der Waals surface area contributed by atoms with Crippen molar-refractivity contribution >= 4 is 5.84 Å². The fourth-order valence-electron chi connectivity index (χ4n) is 3.38. The number of fused-ring (bicyclic) bond motifs is 1. The summed E-state index contributed by atoms with van der Waals surface area (Å²) in [4.78, 5) is 12.0. The first-order valence-corrected chi connectivity index (χ1v) is 8.81. The second kappa shape index (κ2) is 7.16. The van der Waals surface area contributed by atoms with E-state index in [0.717, 1.165) is 44.2 Å². The van der Waals surface area contributed by atoms with E-state index >= 15 is 0 Å². The quantitative estimate of drug-likeness (QED) is 0.803. The van der Waals surface area contributed by atoms with Crippen LogP contribution in [0.15, 0.2) is 41.2 Å². The minimum Gasteiger partial charge on any atom is -0.497 e. The third-order valence-electron chi connectivity index (χ3n) is 4.69. The number of aliphatic imine (C=N–C) groups is 1. The van der Waals surface area contributed by atoms with Gasteiger partial charge in [0.15, 0.2) is 5.84 Å². The zero-order valence-electron chi connectivity index (χ0n) is 15.2. The Kier molecular flexibility index (Phi) is 4.97. The molecular weight excluding hydrogens is 300 g/mol. The maximum atomic E-state index is 5.25. The summed E-state index contributed by atoms with van der Waals surface area (Å²) in [7, 11) is 3.85. The van der Waals surface area contributed by atoms with Crippen molar-refractivity contribution in [2.75, 3.05) is 27.4 Å². The molecule has 2 aliphatic rings. The van der Waals surface area contributed by atoms with Crippen molar-refractivity contribution in [3.05, 3.63) is 41.7 Å². The normalized spacial score (nSPS) is 20.0. The number of benzene rings is 1. The average Bonchev–Trinajstić information content (AvgIpc) is 2.92. The lowest BCUT2D eigenvalue weighted by Gasteiger charge is -2.37. The van der Waals surface area contributed by atoms with Crippen LogP contribution in [0, 0.1) is 0 Å². The Morgan fingerprint density at radius 2 is 1.96 bits per heavy atom. The van der Waals surface area contributed by atoms with E-state index in [0.29, 0.717) is 0 Å². The lowest BCUT2D eigenvalue weighted by atomic mass is 10.2. The van der Waals surface area contributed by atoms with Crippen LogP contribution in [0.4, 0.5) is 0 Å². The van der Waals surface area contributed by atoms with Crippen LogP contribution in [0.3, 0.4) is 0 Å². The number of likely N-dealkylation sites (N-methyl/N-ethyl adjacent to an activating group) is 1. The van der Waals surface area contributed by atoms with Crippen molar-refractivity contribution in [2.24, 2.45) is 4.99 Å². The smallest absolute Gasteiger partial charge is 0.152 e. The number of nitrogens with zero attached hydrogens (tertiary/aromatic N) is 4. The highest BCUT2D eigenvalue weighted by Gasteiger charge is 2.33. The minimum atomic E-state index is 0.270. The molecule has 2 heterocycles. The molecule has 0 fully saturated rings. The Morgan fingerprint density at radius 1 is 1.21 bits per heavy atom. The molecule has 1 aromatic rings. The standard InChI is InChI=1S/C19H28N4O/c1-5-11-23-14-22(12-15-7-9-16(24-4)10-8-15)13-17-19(23)20-18(6-2)21(17)3/h7-10,13,18H,5-6,11-12,14H2,1-4H3. The molecule has 1 unspecified atom stereocenters. The highest BCUT2D eigenvalue weighted by atomic mass is 16.5. The molecule has 0 saturated carbocycles. The first-order chi connectivity index (χ1) is 11.7. The number of methoxy groups -OCH3 is 1. The summed E-state index contributed by atoms with van der Waals surface area (Å²) in [6, 6.07) is 8.33. The second-order valence-electron chi connectivity index (χ2n) is 6.47. The van der Waals surface area contributed by atoms with Gasteiger partial charge in [-0.2, -0.15) is 0 Å². The first kappa shape index (κ1) is 16.7. The molecule has 0 aliphatic carbocycles. The Morgan fingerprint density at radius 3 is 2.58 bits per heavy atom. The van der Waals surface area contributed by atoms with E-state index in [9.17, 15) is 0 Å². The van der Waals surface area contributed by atoms with E-state index in [2.05, 4.69) is 53.9 Å². The number of hydrogen-bond acceptors (Lipinski definition) is 5. The van der Waals surface area contributed by atoms with E-state index < -0.39 is 0 Å². The molecule has 0 amide bonds. The van der Waals surface area contributed by atoms with Crippen LogP contribution in [-0.2, 0) is 6.54 Å². The lowest BCUT2D eigenvalue weighted by molar-refractivity contribution is 0.220. The molecule has 24 heavy (non-hydrogen) atoms. The number of amidine groups is 1. The summed E-state index contributed by atoms with van der Waals surface area (Å²) in [6.07, 6.45) is 4.70. The van der Waals surface area contributed by atoms with Gasteiger partial charge in [-0.05, 0) is 30.5 Å². The molecule has 3 rings (SSSR count). The van der Waals surface area contributed by atoms with Gasteiger partial charge in [0, 0.05) is 26.3 Å². The molecule has 1 atom stereocenters. The molecule has 0 radical (unpaired) electrons. The summed E-state index contributed by atoms with van der Waals surface area (Å²) < 4.78 is 5.25. The van der Waals surface area contributed by atoms with E-state index in [4.69, 9.17) is 9.73 Å². The van der Waals surface area contributed by atoms with Gasteiger partial charge in [0.1, 0.15) is 11.9 Å². The van der Waals surface area contributed by atoms with E-state index in [1.807, 2.05) is 12.1 Å². The van der Waals surface area contributed by atoms with Crippen LogP contribution in [0.25, 0.3) is 0 Å². The van der Waals surface area contributed by atoms with E-state index in [-0.39, 0.29) is 6.17 Å². The van der Waals surface area contributed by atoms with Crippen molar-refractivity contribution in [2.45, 2.75) is 39.4 Å². The predicted molar refractivity (Wildman–Crippen MR) is 97.8 cm³/mol. The molecule has 5 heteroatoms. The largest absolute Gasteiger partial charge is 0.497 e. The monoisotopic (exact) mass is 328 g/mol. The van der Waals surface area contributed by atoms with Gasteiger partial charge < -0.3 is 19.4 Å². The third-order valence-corrected chi connectivity index (χ3v) is 4.69. The van der Waals surface area contributed by atoms with Gasteiger partial charge in [-0.3, -0.25) is 0 Å². The number of hydrogen-bond donors (Lipinski definition) is 0. The second-order valence-corrected chi connectivity index (χ2v) is 6.47. The molecule has 130 valence electrons. The van der Waals surface area contributed by atoms with Gasteiger partial charge in [-0.1, -0.05) is 26.0 Å². The fraction of sp³-hybridized carbons (Fsp3) is 0.526. The zero-order chi connectivity index (χ0) is 17.1. The van der Waals surface area contributed by atoms with Gasteiger partial charge in [0.25, 0.3) is 0 Å². The van der Waals surface area contributed by atoms with Crippen molar-refractivity contribution in [3.8, 4) is 5.75 Å². The minimum absolute atomic E-state index is 0.270. The Balaban J connectivity index is 1.80. The summed E-state index contributed by atoms with van der Waals surface area (Å²) in [5.74, 6) is 2.07. The third kappa shape index (κ3) is 3.21. The zero-order valence-corrected chi connectivity index (χ0v) is 15.2. The van der Waals surface area contributed by atoms with E-state index in [1.54, 1.807) is 7.11 Å². The van der Waals surface area contributed by atoms with Crippen molar-refractivity contribution in [1.82, 2.24) is 14.7 Å². The Bertz CT molecular complexity index is 623. The molecular formula is C19H28N4O. The van der Waals surface area contributed by atoms with Crippen LogP contribution in [-0.4, -0.2) is 54.1 Å². The van der Waals surface area contributed by atoms with Gasteiger partial charge in [0.05, 0.1) is 19.5 Å². The topological polar surface area (TPSA) is 31.3 Å². The van der Waals surface area contributed by atoms with Gasteiger partial charge >= 0.3 is 0 Å². The van der Waals surface area contributed by atoms with Gasteiger partial charge in [-0.25, -0.2) is 4.99 Å². The summed E-state index contributed by atoms with van der Waals surface area (Å²) in [6.45, 7) is 7.25. The Hall–Kier alpha value is -2.17.